The molecule has 0 saturated heterocycles. The maximum Gasteiger partial charge on any atom is 0.404 e. The van der Waals surface area contributed by atoms with Gasteiger partial charge in [0.2, 0.25) is 11.9 Å². The lowest BCUT2D eigenvalue weighted by Gasteiger charge is -2.27. The third-order valence-electron chi connectivity index (χ3n) is 4.57. The second-order valence-corrected chi connectivity index (χ2v) is 7.61. The molecular formula is C18H23ClN6O3. The number of carbonyl (C=O) groups excluding carboxylic acids is 1. The molecule has 0 spiro atoms. The van der Waals surface area contributed by atoms with Gasteiger partial charge < -0.3 is 15.7 Å². The van der Waals surface area contributed by atoms with E-state index >= 15 is 0 Å². The third kappa shape index (κ3) is 4.98. The van der Waals surface area contributed by atoms with Crippen molar-refractivity contribution in [2.75, 3.05) is 10.6 Å². The van der Waals surface area contributed by atoms with Crippen molar-refractivity contribution in [2.45, 2.75) is 51.6 Å². The van der Waals surface area contributed by atoms with E-state index in [4.69, 9.17) is 16.7 Å². The van der Waals surface area contributed by atoms with Crippen LogP contribution in [0.3, 0.4) is 0 Å². The Morgan fingerprint density at radius 3 is 2.79 bits per heavy atom. The molecule has 2 amide bonds. The molecule has 2 atom stereocenters. The van der Waals surface area contributed by atoms with E-state index in [1.54, 1.807) is 12.3 Å². The van der Waals surface area contributed by atoms with Gasteiger partial charge in [-0.05, 0) is 39.2 Å². The molecule has 1 fully saturated rings. The number of hydrogen-bond donors (Lipinski definition) is 4. The van der Waals surface area contributed by atoms with E-state index in [1.165, 1.54) is 0 Å². The van der Waals surface area contributed by atoms with E-state index in [1.807, 2.05) is 13.8 Å². The molecule has 0 bridgehead atoms. The summed E-state index contributed by atoms with van der Waals surface area (Å²) in [5, 5.41) is 18.3. The van der Waals surface area contributed by atoms with Crippen LogP contribution in [-0.4, -0.2) is 44.1 Å². The van der Waals surface area contributed by atoms with E-state index in [0.717, 1.165) is 12.8 Å². The van der Waals surface area contributed by atoms with Gasteiger partial charge in [-0.2, -0.15) is 0 Å². The van der Waals surface area contributed by atoms with Gasteiger partial charge in [0.05, 0.1) is 0 Å². The zero-order valence-electron chi connectivity index (χ0n) is 15.7. The number of rotatable bonds is 5. The molecule has 0 aromatic carbocycles. The highest BCUT2D eigenvalue weighted by atomic mass is 35.5. The molecule has 1 saturated carbocycles. The summed E-state index contributed by atoms with van der Waals surface area (Å²) in [6.07, 6.45) is 3.20. The minimum Gasteiger partial charge on any atom is -0.465 e. The number of anilines is 2. The van der Waals surface area contributed by atoms with Gasteiger partial charge in [0.1, 0.15) is 10.7 Å². The van der Waals surface area contributed by atoms with Gasteiger partial charge in [-0.1, -0.05) is 18.0 Å². The van der Waals surface area contributed by atoms with Gasteiger partial charge in [0, 0.05) is 29.6 Å². The Kier molecular flexibility index (Phi) is 6.13. The Hall–Kier alpha value is -2.68. The number of fused-ring (bicyclic) bond motifs is 1. The zero-order chi connectivity index (χ0) is 20.3. The number of nitrogens with zero attached hydrogens (tertiary/aromatic N) is 3. The Balaban J connectivity index is 1.77. The maximum atomic E-state index is 12.6. The van der Waals surface area contributed by atoms with Crippen molar-refractivity contribution in [1.29, 1.82) is 0 Å². The fourth-order valence-corrected chi connectivity index (χ4v) is 3.59. The first-order chi connectivity index (χ1) is 13.3. The van der Waals surface area contributed by atoms with Crippen molar-refractivity contribution in [3.63, 3.8) is 0 Å². The summed E-state index contributed by atoms with van der Waals surface area (Å²) in [5.41, 5.74) is 0.567. The van der Waals surface area contributed by atoms with Crippen LogP contribution in [0.15, 0.2) is 12.3 Å². The highest BCUT2D eigenvalue weighted by Crippen LogP contribution is 2.27. The molecule has 2 aromatic heterocycles. The molecule has 4 N–H and O–H groups in total. The fraction of sp³-hybridized carbons (Fsp3) is 0.500. The van der Waals surface area contributed by atoms with E-state index in [2.05, 4.69) is 30.9 Å². The maximum absolute atomic E-state index is 12.6. The van der Waals surface area contributed by atoms with Gasteiger partial charge in [-0.15, -0.1) is 0 Å². The van der Waals surface area contributed by atoms with Crippen LogP contribution in [0.5, 0.6) is 0 Å². The van der Waals surface area contributed by atoms with Gasteiger partial charge in [-0.3, -0.25) is 10.1 Å². The van der Waals surface area contributed by atoms with Gasteiger partial charge in [-0.25, -0.2) is 19.7 Å². The minimum absolute atomic E-state index is 0.128. The van der Waals surface area contributed by atoms with E-state index in [0.29, 0.717) is 34.7 Å². The second kappa shape index (κ2) is 8.55. The molecule has 3 rings (SSSR count). The smallest absolute Gasteiger partial charge is 0.404 e. The summed E-state index contributed by atoms with van der Waals surface area (Å²) >= 11 is 6.06. The zero-order valence-corrected chi connectivity index (χ0v) is 16.5. The van der Waals surface area contributed by atoms with Crippen LogP contribution in [0.25, 0.3) is 10.9 Å². The van der Waals surface area contributed by atoms with Gasteiger partial charge in [0.25, 0.3) is 0 Å². The van der Waals surface area contributed by atoms with Crippen molar-refractivity contribution >= 4 is 46.3 Å². The van der Waals surface area contributed by atoms with Crippen molar-refractivity contribution in [3.8, 4) is 0 Å². The molecule has 0 unspecified atom stereocenters. The lowest BCUT2D eigenvalue weighted by atomic mass is 9.85. The molecule has 28 heavy (non-hydrogen) atoms. The first-order valence-electron chi connectivity index (χ1n) is 9.22. The summed E-state index contributed by atoms with van der Waals surface area (Å²) in [4.78, 5) is 36.4. The lowest BCUT2D eigenvalue weighted by Crippen LogP contribution is -2.40. The molecule has 10 heteroatoms. The monoisotopic (exact) mass is 406 g/mol. The number of aromatic nitrogens is 3. The van der Waals surface area contributed by atoms with Gasteiger partial charge in [0.15, 0.2) is 5.82 Å². The van der Waals surface area contributed by atoms with Crippen molar-refractivity contribution in [3.05, 3.63) is 17.4 Å². The quantitative estimate of drug-likeness (QED) is 0.560. The molecule has 0 radical (unpaired) electrons. The summed E-state index contributed by atoms with van der Waals surface area (Å²) in [7, 11) is 0. The average Bonchev–Trinajstić information content (AvgIpc) is 2.61. The molecule has 2 heterocycles. The highest BCUT2D eigenvalue weighted by molar-refractivity contribution is 6.30. The molecule has 9 nitrogen and oxygen atoms in total. The number of nitrogens with one attached hydrogen (secondary N) is 3. The van der Waals surface area contributed by atoms with Crippen LogP contribution in [-0.2, 0) is 4.79 Å². The third-order valence-corrected chi connectivity index (χ3v) is 4.76. The Morgan fingerprint density at radius 2 is 2.07 bits per heavy atom. The SMILES string of the molecule is CC(C)Nc1nc(Cl)cc2cnc(NC(=O)[C@H]3CCC[C@@H](NC(=O)O)C3)nc12. The Labute approximate surface area is 167 Å². The summed E-state index contributed by atoms with van der Waals surface area (Å²) < 4.78 is 0. The summed E-state index contributed by atoms with van der Waals surface area (Å²) in [5.74, 6) is 0.207. The predicted molar refractivity (Wildman–Crippen MR) is 107 cm³/mol. The van der Waals surface area contributed by atoms with E-state index < -0.39 is 6.09 Å². The van der Waals surface area contributed by atoms with E-state index in [9.17, 15) is 9.59 Å². The topological polar surface area (TPSA) is 129 Å². The summed E-state index contributed by atoms with van der Waals surface area (Å²) in [6.45, 7) is 3.95. The standard InChI is InChI=1S/C18H23ClN6O3/c1-9(2)21-15-14-11(7-13(19)23-15)8-20-17(24-14)25-16(26)10-4-3-5-12(6-10)22-18(27)28/h7-10,12,22H,3-6H2,1-2H3,(H,21,23)(H,27,28)(H,20,24,25,26)/t10-,12+/m0/s1. The first-order valence-corrected chi connectivity index (χ1v) is 9.59. The predicted octanol–water partition coefficient (Wildman–Crippen LogP) is 3.26. The average molecular weight is 407 g/mol. The largest absolute Gasteiger partial charge is 0.465 e. The first kappa shape index (κ1) is 20.1. The minimum atomic E-state index is -1.07. The second-order valence-electron chi connectivity index (χ2n) is 7.22. The van der Waals surface area contributed by atoms with E-state index in [-0.39, 0.29) is 29.9 Å². The van der Waals surface area contributed by atoms with Crippen LogP contribution in [0, 0.1) is 5.92 Å². The number of amides is 2. The van der Waals surface area contributed by atoms with Crippen LogP contribution in [0.1, 0.15) is 39.5 Å². The highest BCUT2D eigenvalue weighted by Gasteiger charge is 2.28. The van der Waals surface area contributed by atoms with Gasteiger partial charge >= 0.3 is 6.09 Å². The normalized spacial score (nSPS) is 19.4. The number of carbonyl (C=O) groups is 2. The van der Waals surface area contributed by atoms with Crippen LogP contribution < -0.4 is 16.0 Å². The number of carboxylic acid groups (broad SMARTS) is 1. The molecular weight excluding hydrogens is 384 g/mol. The van der Waals surface area contributed by atoms with Crippen LogP contribution >= 0.6 is 11.6 Å². The van der Waals surface area contributed by atoms with Crippen LogP contribution in [0.4, 0.5) is 16.6 Å². The number of pyridine rings is 1. The van der Waals surface area contributed by atoms with Crippen molar-refractivity contribution < 1.29 is 14.7 Å². The molecule has 1 aliphatic carbocycles. The Morgan fingerprint density at radius 1 is 1.29 bits per heavy atom. The number of hydrogen-bond acceptors (Lipinski definition) is 6. The Bertz CT molecular complexity index is 891. The molecule has 0 aliphatic heterocycles. The molecule has 150 valence electrons. The molecule has 1 aliphatic rings. The van der Waals surface area contributed by atoms with Crippen molar-refractivity contribution in [1.82, 2.24) is 20.3 Å². The molecule has 2 aromatic rings. The fourth-order valence-electron chi connectivity index (χ4n) is 3.39. The van der Waals surface area contributed by atoms with Crippen LogP contribution in [0.2, 0.25) is 5.15 Å². The number of halogens is 1. The van der Waals surface area contributed by atoms with Crippen molar-refractivity contribution in [2.24, 2.45) is 5.92 Å². The summed E-state index contributed by atoms with van der Waals surface area (Å²) in [6, 6.07) is 1.58. The lowest BCUT2D eigenvalue weighted by molar-refractivity contribution is -0.121.